The van der Waals surface area contributed by atoms with Gasteiger partial charge in [-0.25, -0.2) is 0 Å². The second-order valence-corrected chi connectivity index (χ2v) is 4.89. The number of hydrogen-bond donors (Lipinski definition) is 1. The maximum atomic E-state index is 5.61. The van der Waals surface area contributed by atoms with E-state index in [4.69, 9.17) is 9.15 Å². The summed E-state index contributed by atoms with van der Waals surface area (Å²) in [6.45, 7) is 6.69. The maximum Gasteiger partial charge on any atom is 0.122 e. The molecule has 18 heavy (non-hydrogen) atoms. The van der Waals surface area contributed by atoms with Crippen molar-refractivity contribution in [1.82, 2.24) is 10.2 Å². The summed E-state index contributed by atoms with van der Waals surface area (Å²) in [6.07, 6.45) is 4.44. The summed E-state index contributed by atoms with van der Waals surface area (Å²) in [5, 5.41) is 3.53. The normalized spacial score (nSPS) is 15.5. The van der Waals surface area contributed by atoms with Crippen LogP contribution in [-0.4, -0.2) is 37.7 Å². The highest BCUT2D eigenvalue weighted by atomic mass is 16.5. The van der Waals surface area contributed by atoms with E-state index in [2.05, 4.69) is 23.2 Å². The third-order valence-corrected chi connectivity index (χ3v) is 3.42. The van der Waals surface area contributed by atoms with Gasteiger partial charge in [0.25, 0.3) is 0 Å². The molecule has 0 atom stereocenters. The Morgan fingerprint density at radius 2 is 2.33 bits per heavy atom. The number of hydrogen-bond acceptors (Lipinski definition) is 4. The number of methoxy groups -OCH3 is 1. The number of nitrogens with zero attached hydrogens (tertiary/aromatic N) is 1. The number of nitrogens with one attached hydrogen (secondary N) is 1. The first-order valence-corrected chi connectivity index (χ1v) is 6.83. The van der Waals surface area contributed by atoms with Crippen molar-refractivity contribution in [2.45, 2.75) is 38.9 Å². The molecule has 2 rings (SSSR count). The zero-order chi connectivity index (χ0) is 12.8. The van der Waals surface area contributed by atoms with Crippen LogP contribution < -0.4 is 5.32 Å². The Bertz CT molecular complexity index is 347. The van der Waals surface area contributed by atoms with E-state index in [1.807, 2.05) is 0 Å². The van der Waals surface area contributed by atoms with Gasteiger partial charge in [0.1, 0.15) is 5.76 Å². The molecule has 1 aromatic heterocycles. The molecule has 4 nitrogen and oxygen atoms in total. The first-order chi connectivity index (χ1) is 8.83. The second-order valence-electron chi connectivity index (χ2n) is 4.89. The summed E-state index contributed by atoms with van der Waals surface area (Å²) in [5.74, 6) is 1.08. The van der Waals surface area contributed by atoms with Crippen molar-refractivity contribution >= 4 is 0 Å². The molecule has 0 radical (unpaired) electrons. The average Bonchev–Trinajstić information content (AvgIpc) is 3.12. The van der Waals surface area contributed by atoms with E-state index in [0.29, 0.717) is 0 Å². The Morgan fingerprint density at radius 1 is 1.50 bits per heavy atom. The van der Waals surface area contributed by atoms with Gasteiger partial charge in [-0.1, -0.05) is 6.92 Å². The molecule has 0 spiro atoms. The molecule has 0 saturated heterocycles. The molecule has 1 N–H and O–H groups in total. The molecular weight excluding hydrogens is 228 g/mol. The molecule has 1 heterocycles. The van der Waals surface area contributed by atoms with Gasteiger partial charge in [0, 0.05) is 31.8 Å². The van der Waals surface area contributed by atoms with E-state index in [9.17, 15) is 0 Å². The van der Waals surface area contributed by atoms with Crippen LogP contribution in [0, 0.1) is 0 Å². The highest BCUT2D eigenvalue weighted by molar-refractivity contribution is 5.17. The van der Waals surface area contributed by atoms with Crippen molar-refractivity contribution in [1.29, 1.82) is 0 Å². The minimum Gasteiger partial charge on any atom is -0.468 e. The molecular formula is C14H24N2O2. The van der Waals surface area contributed by atoms with E-state index < -0.39 is 0 Å². The molecule has 1 aliphatic rings. The standard InChI is InChI=1S/C14H24N2O2/c1-3-16(7-9-17-2)11-14-12(6-8-18-14)10-15-13-4-5-13/h6,8,13,15H,3-5,7,9-11H2,1-2H3. The fourth-order valence-electron chi connectivity index (χ4n) is 1.98. The average molecular weight is 252 g/mol. The van der Waals surface area contributed by atoms with Gasteiger partial charge in [0.05, 0.1) is 19.4 Å². The van der Waals surface area contributed by atoms with E-state index in [0.717, 1.165) is 44.6 Å². The number of ether oxygens (including phenoxy) is 1. The second kappa shape index (κ2) is 6.92. The summed E-state index contributed by atoms with van der Waals surface area (Å²) < 4.78 is 10.7. The van der Waals surface area contributed by atoms with E-state index in [-0.39, 0.29) is 0 Å². The van der Waals surface area contributed by atoms with Crippen LogP contribution in [0.25, 0.3) is 0 Å². The van der Waals surface area contributed by atoms with Gasteiger partial charge in [-0.15, -0.1) is 0 Å². The first-order valence-electron chi connectivity index (χ1n) is 6.83. The van der Waals surface area contributed by atoms with Crippen molar-refractivity contribution in [3.05, 3.63) is 23.7 Å². The maximum absolute atomic E-state index is 5.61. The SMILES string of the molecule is CCN(CCOC)Cc1occc1CNC1CC1. The van der Waals surface area contributed by atoms with Crippen LogP contribution in [0.2, 0.25) is 0 Å². The molecule has 0 aliphatic heterocycles. The van der Waals surface area contributed by atoms with Crippen molar-refractivity contribution < 1.29 is 9.15 Å². The molecule has 1 saturated carbocycles. The van der Waals surface area contributed by atoms with Crippen molar-refractivity contribution in [2.75, 3.05) is 26.8 Å². The van der Waals surface area contributed by atoms with E-state index in [1.165, 1.54) is 18.4 Å². The van der Waals surface area contributed by atoms with Crippen LogP contribution in [0.15, 0.2) is 16.7 Å². The predicted octanol–water partition coefficient (Wildman–Crippen LogP) is 2.00. The lowest BCUT2D eigenvalue weighted by molar-refractivity contribution is 0.142. The zero-order valence-corrected chi connectivity index (χ0v) is 11.4. The van der Waals surface area contributed by atoms with Crippen LogP contribution in [0.1, 0.15) is 31.1 Å². The van der Waals surface area contributed by atoms with Crippen molar-refractivity contribution in [3.63, 3.8) is 0 Å². The summed E-state index contributed by atoms with van der Waals surface area (Å²) in [7, 11) is 1.74. The lowest BCUT2D eigenvalue weighted by Crippen LogP contribution is -2.27. The van der Waals surface area contributed by atoms with E-state index in [1.54, 1.807) is 13.4 Å². The van der Waals surface area contributed by atoms with E-state index >= 15 is 0 Å². The summed E-state index contributed by atoms with van der Waals surface area (Å²) in [6, 6.07) is 2.82. The Hall–Kier alpha value is -0.840. The lowest BCUT2D eigenvalue weighted by Gasteiger charge is -2.19. The van der Waals surface area contributed by atoms with Crippen molar-refractivity contribution in [2.24, 2.45) is 0 Å². The van der Waals surface area contributed by atoms with Gasteiger partial charge in [-0.2, -0.15) is 0 Å². The van der Waals surface area contributed by atoms with Gasteiger partial charge in [-0.05, 0) is 25.5 Å². The Morgan fingerprint density at radius 3 is 3.00 bits per heavy atom. The molecule has 0 amide bonds. The Balaban J connectivity index is 1.84. The van der Waals surface area contributed by atoms with Gasteiger partial charge >= 0.3 is 0 Å². The summed E-state index contributed by atoms with van der Waals surface area (Å²) in [4.78, 5) is 2.34. The minimum absolute atomic E-state index is 0.739. The highest BCUT2D eigenvalue weighted by Crippen LogP contribution is 2.20. The molecule has 102 valence electrons. The quantitative estimate of drug-likeness (QED) is 0.729. The number of furan rings is 1. The fourth-order valence-corrected chi connectivity index (χ4v) is 1.98. The number of likely N-dealkylation sites (N-methyl/N-ethyl adjacent to an activating group) is 1. The predicted molar refractivity (Wildman–Crippen MR) is 71.4 cm³/mol. The zero-order valence-electron chi connectivity index (χ0n) is 11.4. The minimum atomic E-state index is 0.739. The molecule has 0 unspecified atom stereocenters. The van der Waals surface area contributed by atoms with Crippen LogP contribution in [-0.2, 0) is 17.8 Å². The van der Waals surface area contributed by atoms with Crippen LogP contribution >= 0.6 is 0 Å². The van der Waals surface area contributed by atoms with Gasteiger partial charge in [0.2, 0.25) is 0 Å². The van der Waals surface area contributed by atoms with Crippen LogP contribution in [0.3, 0.4) is 0 Å². The van der Waals surface area contributed by atoms with Crippen LogP contribution in [0.5, 0.6) is 0 Å². The summed E-state index contributed by atoms with van der Waals surface area (Å²) in [5.41, 5.74) is 1.29. The van der Waals surface area contributed by atoms with Crippen LogP contribution in [0.4, 0.5) is 0 Å². The smallest absolute Gasteiger partial charge is 0.122 e. The Kier molecular flexibility index (Phi) is 5.23. The largest absolute Gasteiger partial charge is 0.468 e. The monoisotopic (exact) mass is 252 g/mol. The van der Waals surface area contributed by atoms with Gasteiger partial charge < -0.3 is 14.5 Å². The Labute approximate surface area is 109 Å². The topological polar surface area (TPSA) is 37.6 Å². The lowest BCUT2D eigenvalue weighted by atomic mass is 10.2. The molecule has 1 aromatic rings. The summed E-state index contributed by atoms with van der Waals surface area (Å²) >= 11 is 0. The molecule has 1 fully saturated rings. The molecule has 4 heteroatoms. The highest BCUT2D eigenvalue weighted by Gasteiger charge is 2.21. The van der Waals surface area contributed by atoms with Gasteiger partial charge in [-0.3, -0.25) is 4.90 Å². The third kappa shape index (κ3) is 4.12. The first kappa shape index (κ1) is 13.6. The number of rotatable bonds is 9. The molecule has 0 bridgehead atoms. The van der Waals surface area contributed by atoms with Crippen molar-refractivity contribution in [3.8, 4) is 0 Å². The fraction of sp³-hybridized carbons (Fsp3) is 0.714. The molecule has 1 aliphatic carbocycles. The molecule has 0 aromatic carbocycles. The van der Waals surface area contributed by atoms with Gasteiger partial charge in [0.15, 0.2) is 0 Å². The third-order valence-electron chi connectivity index (χ3n) is 3.42.